The molecular weight excluding hydrogens is 260 g/mol. The zero-order valence-electron chi connectivity index (χ0n) is 10.8. The molecule has 0 unspecified atom stereocenters. The smallest absolute Gasteiger partial charge is 0.330 e. The van der Waals surface area contributed by atoms with Crippen molar-refractivity contribution in [3.8, 4) is 22.9 Å². The number of carboxylic acid groups (broad SMARTS) is 1. The molecule has 0 fully saturated rings. The third-order valence-electron chi connectivity index (χ3n) is 2.18. The van der Waals surface area contributed by atoms with Gasteiger partial charge in [0.25, 0.3) is 0 Å². The van der Waals surface area contributed by atoms with Gasteiger partial charge in [0, 0.05) is 24.0 Å². The first kappa shape index (κ1) is 15.2. The van der Waals surface area contributed by atoms with Crippen molar-refractivity contribution in [3.05, 3.63) is 48.8 Å². The molecule has 2 heterocycles. The van der Waals surface area contributed by atoms with Crippen LogP contribution in [0.5, 0.6) is 11.5 Å². The Morgan fingerprint density at radius 2 is 1.80 bits per heavy atom. The summed E-state index contributed by atoms with van der Waals surface area (Å²) in [6.45, 7) is 4.60. The summed E-state index contributed by atoms with van der Waals surface area (Å²) in [4.78, 5) is 17.6. The third kappa shape index (κ3) is 4.09. The first-order valence-electron chi connectivity index (χ1n) is 5.60. The molecule has 104 valence electrons. The Labute approximate surface area is 115 Å². The van der Waals surface area contributed by atoms with E-state index in [4.69, 9.17) is 5.11 Å². The highest BCUT2D eigenvalue weighted by molar-refractivity contribution is 5.84. The predicted molar refractivity (Wildman–Crippen MR) is 73.2 cm³/mol. The van der Waals surface area contributed by atoms with Gasteiger partial charge in [-0.2, -0.15) is 0 Å². The summed E-state index contributed by atoms with van der Waals surface area (Å²) in [5.74, 6) is -1.37. The molecule has 6 heteroatoms. The number of pyridine rings is 2. The Morgan fingerprint density at radius 1 is 1.15 bits per heavy atom. The van der Waals surface area contributed by atoms with Crippen molar-refractivity contribution in [2.75, 3.05) is 0 Å². The van der Waals surface area contributed by atoms with Gasteiger partial charge in [0.2, 0.25) is 0 Å². The molecule has 0 aliphatic heterocycles. The lowest BCUT2D eigenvalue weighted by molar-refractivity contribution is -0.132. The Hall–Kier alpha value is -2.89. The molecular formula is C14H14N2O4. The summed E-state index contributed by atoms with van der Waals surface area (Å²) in [5, 5.41) is 26.6. The van der Waals surface area contributed by atoms with Crippen molar-refractivity contribution in [2.24, 2.45) is 0 Å². The summed E-state index contributed by atoms with van der Waals surface area (Å²) in [6.07, 6.45) is 3.01. The zero-order chi connectivity index (χ0) is 15.1. The maximum Gasteiger partial charge on any atom is 0.330 e. The molecule has 0 aliphatic carbocycles. The van der Waals surface area contributed by atoms with Crippen LogP contribution >= 0.6 is 0 Å². The van der Waals surface area contributed by atoms with Gasteiger partial charge in [-0.15, -0.1) is 0 Å². The molecule has 0 saturated carbocycles. The van der Waals surface area contributed by atoms with Crippen LogP contribution in [0.25, 0.3) is 11.4 Å². The van der Waals surface area contributed by atoms with E-state index in [0.717, 1.165) is 0 Å². The van der Waals surface area contributed by atoms with E-state index in [1.807, 2.05) is 0 Å². The molecule has 20 heavy (non-hydrogen) atoms. The van der Waals surface area contributed by atoms with Gasteiger partial charge in [0.1, 0.15) is 5.69 Å². The number of aromatic nitrogens is 2. The zero-order valence-corrected chi connectivity index (χ0v) is 10.8. The molecule has 0 spiro atoms. The normalized spacial score (nSPS) is 9.25. The van der Waals surface area contributed by atoms with Gasteiger partial charge >= 0.3 is 5.97 Å². The topological polar surface area (TPSA) is 104 Å². The number of rotatable bonds is 2. The van der Waals surface area contributed by atoms with E-state index in [1.54, 1.807) is 24.4 Å². The standard InChI is InChI=1S/C10H8N2O2.C4H6O2/c13-8-4-6-12-9(10(8)14)7-3-1-2-5-11-7;1-3(2)4(5)6/h1-6,14H,(H,12,13);1H2,2H3,(H,5,6). The average Bonchev–Trinajstić information content (AvgIpc) is 2.43. The fraction of sp³-hybridized carbons (Fsp3) is 0.0714. The number of hydrogen-bond donors (Lipinski definition) is 3. The molecule has 2 rings (SSSR count). The molecule has 0 amide bonds. The first-order valence-corrected chi connectivity index (χ1v) is 5.60. The minimum atomic E-state index is -0.935. The Morgan fingerprint density at radius 3 is 2.30 bits per heavy atom. The van der Waals surface area contributed by atoms with Crippen molar-refractivity contribution in [1.29, 1.82) is 0 Å². The number of nitrogens with zero attached hydrogens (tertiary/aromatic N) is 2. The molecule has 0 saturated heterocycles. The molecule has 0 bridgehead atoms. The second-order valence-corrected chi connectivity index (χ2v) is 3.83. The van der Waals surface area contributed by atoms with Gasteiger partial charge in [-0.25, -0.2) is 4.79 Å². The van der Waals surface area contributed by atoms with E-state index < -0.39 is 5.97 Å². The van der Waals surface area contributed by atoms with Crippen molar-refractivity contribution < 1.29 is 20.1 Å². The van der Waals surface area contributed by atoms with Crippen LogP contribution in [0.15, 0.2) is 48.8 Å². The molecule has 2 aromatic heterocycles. The second-order valence-electron chi connectivity index (χ2n) is 3.83. The van der Waals surface area contributed by atoms with E-state index in [0.29, 0.717) is 5.69 Å². The van der Waals surface area contributed by atoms with Crippen molar-refractivity contribution in [1.82, 2.24) is 9.97 Å². The number of aliphatic carboxylic acids is 1. The van der Waals surface area contributed by atoms with Crippen LogP contribution in [0.1, 0.15) is 6.92 Å². The van der Waals surface area contributed by atoms with Crippen LogP contribution in [0.2, 0.25) is 0 Å². The van der Waals surface area contributed by atoms with Crippen LogP contribution in [0, 0.1) is 0 Å². The summed E-state index contributed by atoms with van der Waals surface area (Å²) >= 11 is 0. The Balaban J connectivity index is 0.000000286. The highest BCUT2D eigenvalue weighted by Gasteiger charge is 2.09. The summed E-state index contributed by atoms with van der Waals surface area (Å²) < 4.78 is 0. The van der Waals surface area contributed by atoms with E-state index >= 15 is 0 Å². The lowest BCUT2D eigenvalue weighted by Crippen LogP contribution is -1.92. The van der Waals surface area contributed by atoms with Crippen molar-refractivity contribution >= 4 is 5.97 Å². The highest BCUT2D eigenvalue weighted by atomic mass is 16.4. The number of aromatic hydroxyl groups is 2. The van der Waals surface area contributed by atoms with Gasteiger partial charge in [-0.1, -0.05) is 12.6 Å². The minimum absolute atomic E-state index is 0.176. The van der Waals surface area contributed by atoms with E-state index in [2.05, 4.69) is 16.5 Å². The largest absolute Gasteiger partial charge is 0.504 e. The van der Waals surface area contributed by atoms with Crippen LogP contribution in [0.3, 0.4) is 0 Å². The molecule has 2 aromatic rings. The van der Waals surface area contributed by atoms with Gasteiger partial charge in [0.15, 0.2) is 11.5 Å². The summed E-state index contributed by atoms with van der Waals surface area (Å²) in [5.41, 5.74) is 0.988. The molecule has 3 N–H and O–H groups in total. The second kappa shape index (κ2) is 6.89. The van der Waals surface area contributed by atoms with Crippen LogP contribution in [0.4, 0.5) is 0 Å². The molecule has 0 radical (unpaired) electrons. The van der Waals surface area contributed by atoms with Crippen molar-refractivity contribution in [3.63, 3.8) is 0 Å². The SMILES string of the molecule is C=C(C)C(=O)O.Oc1ccnc(-c2ccccn2)c1O. The molecule has 0 atom stereocenters. The molecule has 0 aromatic carbocycles. The molecule has 6 nitrogen and oxygen atoms in total. The lowest BCUT2D eigenvalue weighted by Gasteiger charge is -2.03. The lowest BCUT2D eigenvalue weighted by atomic mass is 10.2. The number of carbonyl (C=O) groups is 1. The number of carboxylic acids is 1. The van der Waals surface area contributed by atoms with Gasteiger partial charge in [-0.05, 0) is 19.1 Å². The third-order valence-corrected chi connectivity index (χ3v) is 2.18. The predicted octanol–water partition coefficient (Wildman–Crippen LogP) is 2.20. The highest BCUT2D eigenvalue weighted by Crippen LogP contribution is 2.32. The Bertz CT molecular complexity index is 600. The van der Waals surface area contributed by atoms with E-state index in [1.165, 1.54) is 19.2 Å². The van der Waals surface area contributed by atoms with Gasteiger partial charge in [0.05, 0.1) is 5.69 Å². The fourth-order valence-electron chi connectivity index (χ4n) is 1.13. The maximum absolute atomic E-state index is 9.60. The van der Waals surface area contributed by atoms with E-state index in [9.17, 15) is 15.0 Å². The summed E-state index contributed by atoms with van der Waals surface area (Å²) in [6, 6.07) is 6.58. The fourth-order valence-corrected chi connectivity index (χ4v) is 1.13. The Kier molecular flexibility index (Phi) is 5.22. The first-order chi connectivity index (χ1) is 9.43. The van der Waals surface area contributed by atoms with Crippen LogP contribution in [-0.2, 0) is 4.79 Å². The van der Waals surface area contributed by atoms with Crippen LogP contribution < -0.4 is 0 Å². The minimum Gasteiger partial charge on any atom is -0.504 e. The monoisotopic (exact) mass is 274 g/mol. The number of hydrogen-bond acceptors (Lipinski definition) is 5. The maximum atomic E-state index is 9.60. The molecule has 0 aliphatic rings. The van der Waals surface area contributed by atoms with Gasteiger partial charge in [-0.3, -0.25) is 9.97 Å². The summed E-state index contributed by atoms with van der Waals surface area (Å²) in [7, 11) is 0. The average molecular weight is 274 g/mol. The quantitative estimate of drug-likeness (QED) is 0.725. The van der Waals surface area contributed by atoms with E-state index in [-0.39, 0.29) is 22.8 Å². The van der Waals surface area contributed by atoms with Crippen LogP contribution in [-0.4, -0.2) is 31.3 Å². The van der Waals surface area contributed by atoms with Gasteiger partial charge < -0.3 is 15.3 Å². The van der Waals surface area contributed by atoms with Crippen molar-refractivity contribution in [2.45, 2.75) is 6.92 Å².